The summed E-state index contributed by atoms with van der Waals surface area (Å²) in [4.78, 5) is 17.9. The van der Waals surface area contributed by atoms with Crippen LogP contribution in [0, 0.1) is 0 Å². The van der Waals surface area contributed by atoms with Gasteiger partial charge in [0.2, 0.25) is 0 Å². The van der Waals surface area contributed by atoms with Gasteiger partial charge in [0.25, 0.3) is 0 Å². The number of rotatable bonds is 13. The van der Waals surface area contributed by atoms with E-state index in [0.29, 0.717) is 17.9 Å². The molecular formula is C41H39F3N2O7S. The SMILES string of the molecule is O=C1N(Cc2ccccc2)[C@H](Cc2ccc(OCc3ccccc3)cc2)[C@H](O)[C@@H](O)[C@@H](Cc2ccc(OS(=O)(=O)C(F)(F)F)cc2)N1Cc1ccccc1. The van der Waals surface area contributed by atoms with Crippen molar-refractivity contribution >= 4 is 16.1 Å². The van der Waals surface area contributed by atoms with E-state index in [0.717, 1.165) is 34.4 Å². The van der Waals surface area contributed by atoms with Crippen LogP contribution in [-0.2, 0) is 42.7 Å². The van der Waals surface area contributed by atoms with Gasteiger partial charge in [-0.1, -0.05) is 115 Å². The first-order chi connectivity index (χ1) is 25.9. The van der Waals surface area contributed by atoms with Crippen LogP contribution < -0.4 is 8.92 Å². The Hall–Kier alpha value is -5.37. The van der Waals surface area contributed by atoms with Gasteiger partial charge >= 0.3 is 21.7 Å². The number of alkyl halides is 3. The monoisotopic (exact) mass is 760 g/mol. The van der Waals surface area contributed by atoms with Gasteiger partial charge in [-0.2, -0.15) is 21.6 Å². The summed E-state index contributed by atoms with van der Waals surface area (Å²) in [5.41, 5.74) is -1.77. The van der Waals surface area contributed by atoms with Crippen molar-refractivity contribution in [3.8, 4) is 11.5 Å². The quantitative estimate of drug-likeness (QED) is 0.0994. The van der Waals surface area contributed by atoms with E-state index in [1.807, 2.05) is 115 Å². The van der Waals surface area contributed by atoms with Crippen LogP contribution in [0.25, 0.3) is 0 Å². The maximum Gasteiger partial charge on any atom is 0.534 e. The molecular weight excluding hydrogens is 722 g/mol. The maximum absolute atomic E-state index is 14.8. The molecule has 0 aromatic heterocycles. The summed E-state index contributed by atoms with van der Waals surface area (Å²) in [6.45, 7) is 0.586. The number of carbonyl (C=O) groups excluding carboxylic acids is 1. The molecule has 1 heterocycles. The van der Waals surface area contributed by atoms with Crippen LogP contribution in [-0.4, -0.2) is 64.3 Å². The molecule has 2 amide bonds. The summed E-state index contributed by atoms with van der Waals surface area (Å²) in [6, 6.07) is 38.1. The molecule has 1 aliphatic rings. The van der Waals surface area contributed by atoms with E-state index >= 15 is 0 Å². The standard InChI is InChI=1S/C41H39F3N2O7S/c42-41(43,44)54(50,51)53-35-22-18-30(19-23-35)25-37-39(48)38(47)36(24-29-16-20-34(21-17-29)52-28-33-14-8-3-9-15-33)45(26-31-10-4-1-5-11-31)40(49)46(37)27-32-12-6-2-7-13-32/h1-23,36-39,47-48H,24-28H2/t36-,37-,38+,39+/m1/s1. The third-order valence-electron chi connectivity index (χ3n) is 9.30. The van der Waals surface area contributed by atoms with Crippen LogP contribution in [0.2, 0.25) is 0 Å². The lowest BCUT2D eigenvalue weighted by Gasteiger charge is -2.36. The molecule has 9 nitrogen and oxygen atoms in total. The van der Waals surface area contributed by atoms with Crippen molar-refractivity contribution in [1.82, 2.24) is 9.80 Å². The molecule has 0 unspecified atom stereocenters. The zero-order valence-corrected chi connectivity index (χ0v) is 29.8. The van der Waals surface area contributed by atoms with E-state index in [-0.39, 0.29) is 25.9 Å². The van der Waals surface area contributed by atoms with Gasteiger partial charge in [-0.25, -0.2) is 4.79 Å². The second kappa shape index (κ2) is 16.8. The average Bonchev–Trinajstić information content (AvgIpc) is 3.23. The highest BCUT2D eigenvalue weighted by Crippen LogP contribution is 2.32. The van der Waals surface area contributed by atoms with Crippen molar-refractivity contribution in [3.05, 3.63) is 167 Å². The van der Waals surface area contributed by atoms with Gasteiger partial charge in [-0.15, -0.1) is 0 Å². The first-order valence-corrected chi connectivity index (χ1v) is 18.7. The topological polar surface area (TPSA) is 117 Å². The molecule has 0 aliphatic carbocycles. The summed E-state index contributed by atoms with van der Waals surface area (Å²) >= 11 is 0. The Kier molecular flexibility index (Phi) is 11.9. The number of aliphatic hydroxyl groups excluding tert-OH is 2. The molecule has 4 atom stereocenters. The van der Waals surface area contributed by atoms with E-state index in [2.05, 4.69) is 4.18 Å². The summed E-state index contributed by atoms with van der Waals surface area (Å²) in [7, 11) is -5.88. The normalized spacial score (nSPS) is 19.3. The molecule has 2 N–H and O–H groups in total. The number of hydrogen-bond acceptors (Lipinski definition) is 7. The third-order valence-corrected chi connectivity index (χ3v) is 10.3. The predicted octanol–water partition coefficient (Wildman–Crippen LogP) is 6.88. The van der Waals surface area contributed by atoms with Crippen LogP contribution in [0.1, 0.15) is 27.8 Å². The lowest BCUT2D eigenvalue weighted by Crippen LogP contribution is -2.50. The summed E-state index contributed by atoms with van der Waals surface area (Å²) in [6.07, 6.45) is -2.74. The molecule has 282 valence electrons. The third kappa shape index (κ3) is 9.40. The minimum absolute atomic E-state index is 0.0253. The highest BCUT2D eigenvalue weighted by molar-refractivity contribution is 7.88. The molecule has 0 spiro atoms. The number of ether oxygens (including phenoxy) is 1. The van der Waals surface area contributed by atoms with Crippen LogP contribution in [0.15, 0.2) is 140 Å². The van der Waals surface area contributed by atoms with Gasteiger partial charge in [0.15, 0.2) is 0 Å². The summed E-state index contributed by atoms with van der Waals surface area (Å²) in [5, 5.41) is 24.0. The van der Waals surface area contributed by atoms with Gasteiger partial charge in [-0.3, -0.25) is 0 Å². The van der Waals surface area contributed by atoms with Gasteiger partial charge < -0.3 is 28.9 Å². The number of urea groups is 1. The Bertz CT molecular complexity index is 2070. The lowest BCUT2D eigenvalue weighted by atomic mass is 9.90. The zero-order valence-electron chi connectivity index (χ0n) is 29.0. The van der Waals surface area contributed by atoms with Crippen molar-refractivity contribution in [2.75, 3.05) is 0 Å². The van der Waals surface area contributed by atoms with Crippen molar-refractivity contribution in [3.63, 3.8) is 0 Å². The Labute approximate surface area is 311 Å². The number of aliphatic hydroxyl groups is 2. The molecule has 5 aromatic rings. The fourth-order valence-electron chi connectivity index (χ4n) is 6.47. The van der Waals surface area contributed by atoms with E-state index in [9.17, 15) is 36.6 Å². The highest BCUT2D eigenvalue weighted by Gasteiger charge is 2.49. The number of nitrogens with zero attached hydrogens (tertiary/aromatic N) is 2. The number of carbonyl (C=O) groups is 1. The molecule has 0 radical (unpaired) electrons. The van der Waals surface area contributed by atoms with Crippen LogP contribution in [0.4, 0.5) is 18.0 Å². The Morgan fingerprint density at radius 1 is 0.556 bits per heavy atom. The average molecular weight is 761 g/mol. The zero-order chi connectivity index (χ0) is 38.3. The molecule has 1 fully saturated rings. The van der Waals surface area contributed by atoms with E-state index < -0.39 is 51.7 Å². The summed E-state index contributed by atoms with van der Waals surface area (Å²) < 4.78 is 72.1. The maximum atomic E-state index is 14.8. The number of halogens is 3. The Morgan fingerprint density at radius 3 is 1.35 bits per heavy atom. The Morgan fingerprint density at radius 2 is 0.944 bits per heavy atom. The number of benzene rings is 5. The second-order valence-electron chi connectivity index (χ2n) is 13.1. The molecule has 0 bridgehead atoms. The van der Waals surface area contributed by atoms with Gasteiger partial charge in [0.05, 0.1) is 12.1 Å². The fourth-order valence-corrected chi connectivity index (χ4v) is 6.92. The van der Waals surface area contributed by atoms with Crippen LogP contribution >= 0.6 is 0 Å². The molecule has 1 aliphatic heterocycles. The van der Waals surface area contributed by atoms with Crippen molar-refractivity contribution < 1.29 is 45.5 Å². The van der Waals surface area contributed by atoms with Crippen molar-refractivity contribution in [2.45, 2.75) is 62.3 Å². The first-order valence-electron chi connectivity index (χ1n) is 17.2. The van der Waals surface area contributed by atoms with Crippen molar-refractivity contribution in [1.29, 1.82) is 0 Å². The minimum atomic E-state index is -5.88. The largest absolute Gasteiger partial charge is 0.534 e. The van der Waals surface area contributed by atoms with E-state index in [4.69, 9.17) is 4.74 Å². The van der Waals surface area contributed by atoms with Gasteiger partial charge in [0.1, 0.15) is 30.3 Å². The van der Waals surface area contributed by atoms with E-state index in [1.54, 1.807) is 4.90 Å². The fraction of sp³-hybridized carbons (Fsp3) is 0.244. The van der Waals surface area contributed by atoms with E-state index in [1.165, 1.54) is 17.0 Å². The van der Waals surface area contributed by atoms with Crippen LogP contribution in [0.5, 0.6) is 11.5 Å². The number of amides is 2. The molecule has 13 heteroatoms. The Balaban J connectivity index is 1.31. The smallest absolute Gasteiger partial charge is 0.489 e. The van der Waals surface area contributed by atoms with Crippen molar-refractivity contribution in [2.24, 2.45) is 0 Å². The minimum Gasteiger partial charge on any atom is -0.489 e. The summed E-state index contributed by atoms with van der Waals surface area (Å²) in [5.74, 6) is 0.0862. The molecule has 6 rings (SSSR count). The van der Waals surface area contributed by atoms with Gasteiger partial charge in [-0.05, 0) is 64.9 Å². The molecule has 1 saturated heterocycles. The molecule has 0 saturated carbocycles. The highest BCUT2D eigenvalue weighted by atomic mass is 32.2. The number of hydrogen-bond donors (Lipinski definition) is 2. The predicted molar refractivity (Wildman–Crippen MR) is 196 cm³/mol. The van der Waals surface area contributed by atoms with Crippen LogP contribution in [0.3, 0.4) is 0 Å². The second-order valence-corrected chi connectivity index (χ2v) is 14.6. The lowest BCUT2D eigenvalue weighted by molar-refractivity contribution is -0.0500. The van der Waals surface area contributed by atoms with Gasteiger partial charge in [0, 0.05) is 13.1 Å². The molecule has 5 aromatic carbocycles. The first kappa shape index (κ1) is 38.4. The molecule has 54 heavy (non-hydrogen) atoms.